The van der Waals surface area contributed by atoms with Crippen molar-refractivity contribution in [3.05, 3.63) is 33.9 Å². The van der Waals surface area contributed by atoms with Gasteiger partial charge in [-0.2, -0.15) is 0 Å². The van der Waals surface area contributed by atoms with Crippen molar-refractivity contribution in [2.45, 2.75) is 19.3 Å². The second kappa shape index (κ2) is 4.23. The number of nitro benzene ring substituents is 1. The normalized spacial score (nSPS) is 10.6. The number of nitrogens with zero attached hydrogens (tertiary/aromatic N) is 1. The van der Waals surface area contributed by atoms with Crippen LogP contribution < -0.4 is 4.74 Å². The summed E-state index contributed by atoms with van der Waals surface area (Å²) in [6.45, 7) is 3.66. The molecular weight excluding hydrogens is 206 g/mol. The van der Waals surface area contributed by atoms with E-state index in [0.717, 1.165) is 5.56 Å². The molecule has 4 nitrogen and oxygen atoms in total. The van der Waals surface area contributed by atoms with E-state index in [9.17, 15) is 10.1 Å². The van der Waals surface area contributed by atoms with Crippen molar-refractivity contribution in [1.29, 1.82) is 0 Å². The highest BCUT2D eigenvalue weighted by Gasteiger charge is 2.22. The smallest absolute Gasteiger partial charge is 0.311 e. The summed E-state index contributed by atoms with van der Waals surface area (Å²) in [5.41, 5.74) is 0.127. The first-order chi connectivity index (χ1) is 7.42. The Morgan fingerprint density at radius 2 is 2.12 bits per heavy atom. The van der Waals surface area contributed by atoms with Gasteiger partial charge in [0.05, 0.1) is 17.4 Å². The molecule has 0 saturated carbocycles. The summed E-state index contributed by atoms with van der Waals surface area (Å²) < 4.78 is 4.91. The van der Waals surface area contributed by atoms with Crippen molar-refractivity contribution in [3.8, 4) is 18.1 Å². The molecule has 0 aliphatic heterocycles. The molecule has 0 aliphatic carbocycles. The molecule has 0 aliphatic rings. The number of methoxy groups -OCH3 is 1. The van der Waals surface area contributed by atoms with Crippen molar-refractivity contribution < 1.29 is 9.66 Å². The Morgan fingerprint density at radius 1 is 1.50 bits per heavy atom. The Hall–Kier alpha value is -2.02. The maximum absolute atomic E-state index is 10.8. The molecule has 0 spiro atoms. The predicted octanol–water partition coefficient (Wildman–Crippen LogP) is 2.51. The fourth-order valence-corrected chi connectivity index (χ4v) is 1.30. The summed E-state index contributed by atoms with van der Waals surface area (Å²) in [5.74, 6) is 2.84. The zero-order valence-corrected chi connectivity index (χ0v) is 9.48. The van der Waals surface area contributed by atoms with E-state index in [2.05, 4.69) is 5.92 Å². The quantitative estimate of drug-likeness (QED) is 0.446. The van der Waals surface area contributed by atoms with Gasteiger partial charge < -0.3 is 4.74 Å². The van der Waals surface area contributed by atoms with Gasteiger partial charge in [0.15, 0.2) is 5.75 Å². The molecule has 0 radical (unpaired) electrons. The van der Waals surface area contributed by atoms with Gasteiger partial charge in [-0.1, -0.05) is 12.0 Å². The summed E-state index contributed by atoms with van der Waals surface area (Å²) in [4.78, 5) is 10.3. The third kappa shape index (κ3) is 2.14. The van der Waals surface area contributed by atoms with Crippen LogP contribution in [0.1, 0.15) is 19.4 Å². The van der Waals surface area contributed by atoms with Crippen molar-refractivity contribution in [3.63, 3.8) is 0 Å². The summed E-state index contributed by atoms with van der Waals surface area (Å²) in [5, 5.41) is 10.8. The number of rotatable bonds is 3. The Balaban J connectivity index is 3.34. The van der Waals surface area contributed by atoms with Gasteiger partial charge in [-0.3, -0.25) is 10.1 Å². The topological polar surface area (TPSA) is 52.4 Å². The number of ether oxygens (including phenoxy) is 1. The minimum absolute atomic E-state index is 0.0664. The largest absolute Gasteiger partial charge is 0.490 e. The van der Waals surface area contributed by atoms with Crippen LogP contribution in [-0.2, 0) is 5.41 Å². The maximum Gasteiger partial charge on any atom is 0.311 e. The zero-order valence-electron chi connectivity index (χ0n) is 9.48. The van der Waals surface area contributed by atoms with E-state index in [0.29, 0.717) is 0 Å². The Morgan fingerprint density at radius 3 is 2.56 bits per heavy atom. The van der Waals surface area contributed by atoms with Crippen LogP contribution in [0.2, 0.25) is 0 Å². The summed E-state index contributed by atoms with van der Waals surface area (Å²) in [7, 11) is 1.40. The standard InChI is InChI=1S/C12H13NO3/c1-5-12(2,3)9-6-7-11(16-4)10(8-9)13(14)15/h1,6-8H,2-4H3. The lowest BCUT2D eigenvalue weighted by molar-refractivity contribution is -0.385. The Kier molecular flexibility index (Phi) is 3.19. The van der Waals surface area contributed by atoms with Crippen molar-refractivity contribution in [2.75, 3.05) is 7.11 Å². The molecule has 0 saturated heterocycles. The molecule has 1 aromatic rings. The highest BCUT2D eigenvalue weighted by atomic mass is 16.6. The zero-order chi connectivity index (χ0) is 12.3. The molecule has 0 bridgehead atoms. The van der Waals surface area contributed by atoms with Crippen LogP contribution in [0.3, 0.4) is 0 Å². The summed E-state index contributed by atoms with van der Waals surface area (Å²) >= 11 is 0. The molecule has 0 heterocycles. The fourth-order valence-electron chi connectivity index (χ4n) is 1.30. The number of nitro groups is 1. The minimum Gasteiger partial charge on any atom is -0.490 e. The molecule has 0 fully saturated rings. The second-order valence-corrected chi connectivity index (χ2v) is 3.91. The van der Waals surface area contributed by atoms with Crippen LogP contribution >= 0.6 is 0 Å². The van der Waals surface area contributed by atoms with Gasteiger partial charge in [-0.05, 0) is 25.5 Å². The van der Waals surface area contributed by atoms with Crippen LogP contribution in [0.4, 0.5) is 5.69 Å². The first-order valence-corrected chi connectivity index (χ1v) is 4.73. The van der Waals surface area contributed by atoms with Gasteiger partial charge in [0.25, 0.3) is 0 Å². The van der Waals surface area contributed by atoms with E-state index in [4.69, 9.17) is 11.2 Å². The average Bonchev–Trinajstić information content (AvgIpc) is 2.28. The summed E-state index contributed by atoms with van der Waals surface area (Å²) in [6.07, 6.45) is 5.38. The van der Waals surface area contributed by atoms with Crippen LogP contribution in [-0.4, -0.2) is 12.0 Å². The molecule has 4 heteroatoms. The Labute approximate surface area is 94.4 Å². The number of terminal acetylenes is 1. The maximum atomic E-state index is 10.8. The number of hydrogen-bond acceptors (Lipinski definition) is 3. The predicted molar refractivity (Wildman–Crippen MR) is 61.5 cm³/mol. The first kappa shape index (κ1) is 12.1. The number of benzene rings is 1. The van der Waals surface area contributed by atoms with Gasteiger partial charge >= 0.3 is 5.69 Å². The third-order valence-corrected chi connectivity index (χ3v) is 2.46. The fraction of sp³-hybridized carbons (Fsp3) is 0.333. The first-order valence-electron chi connectivity index (χ1n) is 4.73. The van der Waals surface area contributed by atoms with Crippen LogP contribution in [0.15, 0.2) is 18.2 Å². The lowest BCUT2D eigenvalue weighted by atomic mass is 9.85. The molecule has 0 unspecified atom stereocenters. The van der Waals surface area contributed by atoms with Gasteiger partial charge in [-0.15, -0.1) is 6.42 Å². The van der Waals surface area contributed by atoms with E-state index < -0.39 is 10.3 Å². The molecule has 0 N–H and O–H groups in total. The summed E-state index contributed by atoms with van der Waals surface area (Å²) in [6, 6.07) is 4.76. The van der Waals surface area contributed by atoms with Crippen LogP contribution in [0, 0.1) is 22.5 Å². The van der Waals surface area contributed by atoms with Crippen LogP contribution in [0.5, 0.6) is 5.75 Å². The van der Waals surface area contributed by atoms with E-state index in [-0.39, 0.29) is 11.4 Å². The highest BCUT2D eigenvalue weighted by Crippen LogP contribution is 2.32. The molecule has 84 valence electrons. The van der Waals surface area contributed by atoms with Crippen molar-refractivity contribution in [2.24, 2.45) is 0 Å². The SMILES string of the molecule is C#CC(C)(C)c1ccc(OC)c([N+](=O)[O-])c1. The van der Waals surface area contributed by atoms with Crippen molar-refractivity contribution >= 4 is 5.69 Å². The highest BCUT2D eigenvalue weighted by molar-refractivity contribution is 5.51. The monoisotopic (exact) mass is 219 g/mol. The number of hydrogen-bond donors (Lipinski definition) is 0. The van der Waals surface area contributed by atoms with Gasteiger partial charge in [0.2, 0.25) is 0 Å². The third-order valence-electron chi connectivity index (χ3n) is 2.46. The molecule has 16 heavy (non-hydrogen) atoms. The average molecular weight is 219 g/mol. The van der Waals surface area contributed by atoms with Crippen LogP contribution in [0.25, 0.3) is 0 Å². The minimum atomic E-state index is -0.531. The lowest BCUT2D eigenvalue weighted by Crippen LogP contribution is -2.14. The van der Waals surface area contributed by atoms with E-state index >= 15 is 0 Å². The molecule has 0 amide bonds. The van der Waals surface area contributed by atoms with E-state index in [1.165, 1.54) is 13.2 Å². The molecule has 1 aromatic carbocycles. The molecule has 0 atom stereocenters. The van der Waals surface area contributed by atoms with E-state index in [1.54, 1.807) is 12.1 Å². The molecule has 1 rings (SSSR count). The molecule has 0 aromatic heterocycles. The van der Waals surface area contributed by atoms with Gasteiger partial charge in [0.1, 0.15) is 0 Å². The van der Waals surface area contributed by atoms with E-state index in [1.807, 2.05) is 13.8 Å². The van der Waals surface area contributed by atoms with Gasteiger partial charge in [0, 0.05) is 6.07 Å². The Bertz CT molecular complexity index is 458. The van der Waals surface area contributed by atoms with Gasteiger partial charge in [-0.25, -0.2) is 0 Å². The van der Waals surface area contributed by atoms with Crippen molar-refractivity contribution in [1.82, 2.24) is 0 Å². The lowest BCUT2D eigenvalue weighted by Gasteiger charge is -2.18. The second-order valence-electron chi connectivity index (χ2n) is 3.91. The molecular formula is C12H13NO3.